The fraction of sp³-hybridized carbons (Fsp3) is 0.450. The minimum Gasteiger partial charge on any atom is -0.376 e. The van der Waals surface area contributed by atoms with Crippen LogP contribution in [-0.2, 0) is 4.74 Å². The lowest BCUT2D eigenvalue weighted by atomic mass is 10.2. The van der Waals surface area contributed by atoms with Crippen molar-refractivity contribution in [2.24, 2.45) is 0 Å². The molecular formula is C20H27N5O2. The van der Waals surface area contributed by atoms with E-state index in [0.717, 1.165) is 43.9 Å². The molecule has 2 N–H and O–H groups in total. The summed E-state index contributed by atoms with van der Waals surface area (Å²) in [5.74, 6) is 0.370. The van der Waals surface area contributed by atoms with Crippen LogP contribution in [0.15, 0.2) is 36.7 Å². The van der Waals surface area contributed by atoms with Gasteiger partial charge < -0.3 is 20.3 Å². The molecule has 0 spiro atoms. The van der Waals surface area contributed by atoms with Crippen molar-refractivity contribution < 1.29 is 9.53 Å². The third kappa shape index (κ3) is 5.17. The van der Waals surface area contributed by atoms with Gasteiger partial charge in [-0.15, -0.1) is 0 Å². The number of amides is 1. The fourth-order valence-corrected chi connectivity index (χ4v) is 3.10. The SMILES string of the molecule is CCN(CC)c1ccc(NC(=O)c2cnc(NCC3CCCO3)cn2)cc1. The highest BCUT2D eigenvalue weighted by Gasteiger charge is 2.15. The van der Waals surface area contributed by atoms with Gasteiger partial charge in [-0.25, -0.2) is 9.97 Å². The molecule has 1 fully saturated rings. The first-order valence-corrected chi connectivity index (χ1v) is 9.53. The van der Waals surface area contributed by atoms with E-state index in [1.54, 1.807) is 6.20 Å². The Kier molecular flexibility index (Phi) is 6.59. The highest BCUT2D eigenvalue weighted by Crippen LogP contribution is 2.18. The fourth-order valence-electron chi connectivity index (χ4n) is 3.10. The molecule has 0 radical (unpaired) electrons. The molecule has 0 saturated carbocycles. The van der Waals surface area contributed by atoms with E-state index in [0.29, 0.717) is 12.4 Å². The van der Waals surface area contributed by atoms with Gasteiger partial charge in [0.15, 0.2) is 0 Å². The lowest BCUT2D eigenvalue weighted by Gasteiger charge is -2.21. The average Bonchev–Trinajstić information content (AvgIpc) is 3.22. The molecule has 7 heteroatoms. The van der Waals surface area contributed by atoms with E-state index in [-0.39, 0.29) is 17.7 Å². The summed E-state index contributed by atoms with van der Waals surface area (Å²) in [4.78, 5) is 23.1. The summed E-state index contributed by atoms with van der Waals surface area (Å²) in [5.41, 5.74) is 2.16. The number of carbonyl (C=O) groups excluding carboxylic acids is 1. The number of rotatable bonds is 8. The largest absolute Gasteiger partial charge is 0.376 e. The number of aromatic nitrogens is 2. The van der Waals surface area contributed by atoms with Crippen molar-refractivity contribution in [2.75, 3.05) is 41.8 Å². The quantitative estimate of drug-likeness (QED) is 0.744. The normalized spacial score (nSPS) is 16.1. The monoisotopic (exact) mass is 369 g/mol. The van der Waals surface area contributed by atoms with Gasteiger partial charge in [-0.1, -0.05) is 0 Å². The zero-order chi connectivity index (χ0) is 19.1. The van der Waals surface area contributed by atoms with Crippen LogP contribution in [0.4, 0.5) is 17.2 Å². The lowest BCUT2D eigenvalue weighted by Crippen LogP contribution is -2.21. The maximum absolute atomic E-state index is 12.4. The van der Waals surface area contributed by atoms with Gasteiger partial charge in [0, 0.05) is 37.6 Å². The molecule has 0 aliphatic carbocycles. The summed E-state index contributed by atoms with van der Waals surface area (Å²) in [7, 11) is 0. The number of nitrogens with zero attached hydrogens (tertiary/aromatic N) is 3. The lowest BCUT2D eigenvalue weighted by molar-refractivity contribution is 0.102. The number of anilines is 3. The van der Waals surface area contributed by atoms with Gasteiger partial charge in [0.05, 0.1) is 18.5 Å². The number of nitrogens with one attached hydrogen (secondary N) is 2. The van der Waals surface area contributed by atoms with Crippen molar-refractivity contribution in [2.45, 2.75) is 32.8 Å². The number of benzene rings is 1. The molecular weight excluding hydrogens is 342 g/mol. The highest BCUT2D eigenvalue weighted by atomic mass is 16.5. The van der Waals surface area contributed by atoms with E-state index in [2.05, 4.69) is 39.3 Å². The molecule has 2 aromatic rings. The molecule has 27 heavy (non-hydrogen) atoms. The maximum atomic E-state index is 12.4. The van der Waals surface area contributed by atoms with Gasteiger partial charge in [-0.2, -0.15) is 0 Å². The van der Waals surface area contributed by atoms with Crippen molar-refractivity contribution in [3.8, 4) is 0 Å². The molecule has 1 aromatic carbocycles. The highest BCUT2D eigenvalue weighted by molar-refractivity contribution is 6.02. The van der Waals surface area contributed by atoms with Crippen LogP contribution in [0.3, 0.4) is 0 Å². The summed E-state index contributed by atoms with van der Waals surface area (Å²) in [5, 5.41) is 6.05. The Labute approximate surface area is 160 Å². The van der Waals surface area contributed by atoms with Gasteiger partial charge >= 0.3 is 0 Å². The molecule has 0 bridgehead atoms. The number of hydrogen-bond donors (Lipinski definition) is 2. The van der Waals surface area contributed by atoms with Gasteiger partial charge in [0.2, 0.25) is 0 Å². The van der Waals surface area contributed by atoms with Crippen molar-refractivity contribution in [1.29, 1.82) is 0 Å². The molecule has 2 heterocycles. The summed E-state index contributed by atoms with van der Waals surface area (Å²) >= 11 is 0. The van der Waals surface area contributed by atoms with Crippen molar-refractivity contribution in [1.82, 2.24) is 9.97 Å². The Morgan fingerprint density at radius 3 is 2.56 bits per heavy atom. The third-order valence-corrected chi connectivity index (χ3v) is 4.67. The number of carbonyl (C=O) groups is 1. The minimum atomic E-state index is -0.274. The number of ether oxygens (including phenoxy) is 1. The van der Waals surface area contributed by atoms with Crippen molar-refractivity contribution in [3.05, 3.63) is 42.4 Å². The summed E-state index contributed by atoms with van der Waals surface area (Å²) in [6.07, 6.45) is 5.46. The van der Waals surface area contributed by atoms with Crippen LogP contribution in [0.2, 0.25) is 0 Å². The van der Waals surface area contributed by atoms with Crippen LogP contribution in [0.5, 0.6) is 0 Å². The van der Waals surface area contributed by atoms with Gasteiger partial charge in [0.1, 0.15) is 11.5 Å². The predicted octanol–water partition coefficient (Wildman–Crippen LogP) is 3.17. The first-order valence-electron chi connectivity index (χ1n) is 9.53. The van der Waals surface area contributed by atoms with Crippen LogP contribution in [0.25, 0.3) is 0 Å². The van der Waals surface area contributed by atoms with Crippen molar-refractivity contribution >= 4 is 23.1 Å². The summed E-state index contributed by atoms with van der Waals surface area (Å²) in [6, 6.07) is 7.81. The zero-order valence-corrected chi connectivity index (χ0v) is 15.9. The third-order valence-electron chi connectivity index (χ3n) is 4.67. The van der Waals surface area contributed by atoms with Crippen LogP contribution >= 0.6 is 0 Å². The molecule has 1 atom stereocenters. The smallest absolute Gasteiger partial charge is 0.275 e. The average molecular weight is 369 g/mol. The standard InChI is InChI=1S/C20H27N5O2/c1-3-25(4-2)16-9-7-15(8-10-16)24-20(26)18-13-23-19(14-21-18)22-12-17-6-5-11-27-17/h7-10,13-14,17H,3-6,11-12H2,1-2H3,(H,22,23)(H,24,26). The minimum absolute atomic E-state index is 0.231. The van der Waals surface area contributed by atoms with E-state index in [4.69, 9.17) is 4.74 Å². The second-order valence-corrected chi connectivity index (χ2v) is 6.48. The second kappa shape index (κ2) is 9.32. The van der Waals surface area contributed by atoms with Crippen LogP contribution < -0.4 is 15.5 Å². The second-order valence-electron chi connectivity index (χ2n) is 6.48. The van der Waals surface area contributed by atoms with E-state index >= 15 is 0 Å². The molecule has 7 nitrogen and oxygen atoms in total. The topological polar surface area (TPSA) is 79.4 Å². The van der Waals surface area contributed by atoms with E-state index < -0.39 is 0 Å². The van der Waals surface area contributed by atoms with Gasteiger partial charge in [-0.05, 0) is 51.0 Å². The molecule has 1 unspecified atom stereocenters. The first-order chi connectivity index (χ1) is 13.2. The Morgan fingerprint density at radius 2 is 1.96 bits per heavy atom. The number of hydrogen-bond acceptors (Lipinski definition) is 6. The molecule has 1 amide bonds. The Hall–Kier alpha value is -2.67. The molecule has 3 rings (SSSR count). The van der Waals surface area contributed by atoms with Gasteiger partial charge in [0.25, 0.3) is 5.91 Å². The van der Waals surface area contributed by atoms with Gasteiger partial charge in [-0.3, -0.25) is 4.79 Å². The predicted molar refractivity (Wildman–Crippen MR) is 107 cm³/mol. The maximum Gasteiger partial charge on any atom is 0.275 e. The zero-order valence-electron chi connectivity index (χ0n) is 15.9. The first kappa shape index (κ1) is 19.1. The molecule has 144 valence electrons. The summed E-state index contributed by atoms with van der Waals surface area (Å²) in [6.45, 7) is 7.68. The summed E-state index contributed by atoms with van der Waals surface area (Å²) < 4.78 is 5.56. The van der Waals surface area contributed by atoms with Crippen molar-refractivity contribution in [3.63, 3.8) is 0 Å². The Balaban J connectivity index is 1.54. The van der Waals surface area contributed by atoms with E-state index in [1.807, 2.05) is 24.3 Å². The van der Waals surface area contributed by atoms with Crippen LogP contribution in [-0.4, -0.2) is 48.2 Å². The Morgan fingerprint density at radius 1 is 1.19 bits per heavy atom. The van der Waals surface area contributed by atoms with Crippen LogP contribution in [0, 0.1) is 0 Å². The Bertz CT molecular complexity index is 723. The molecule has 1 aliphatic rings. The van der Waals surface area contributed by atoms with Crippen LogP contribution in [0.1, 0.15) is 37.2 Å². The van der Waals surface area contributed by atoms with E-state index in [1.165, 1.54) is 6.20 Å². The molecule has 1 aromatic heterocycles. The van der Waals surface area contributed by atoms with E-state index in [9.17, 15) is 4.79 Å². The molecule has 1 aliphatic heterocycles. The molecule has 1 saturated heterocycles.